The minimum Gasteiger partial charge on any atom is -0.404 e. The molecule has 3 nitrogen and oxygen atoms in total. The summed E-state index contributed by atoms with van der Waals surface area (Å²) in [4.78, 5) is 3.85. The molecule has 54 valence electrons. The molecular formula is C8H7N3. The molecule has 1 heterocycles. The zero-order valence-corrected chi connectivity index (χ0v) is 5.86. The summed E-state index contributed by atoms with van der Waals surface area (Å²) in [5.74, 6) is 0. The summed E-state index contributed by atoms with van der Waals surface area (Å²) in [5.41, 5.74) is 6.39. The van der Waals surface area contributed by atoms with Crippen LogP contribution in [-0.2, 0) is 0 Å². The van der Waals surface area contributed by atoms with Gasteiger partial charge in [-0.25, -0.2) is 0 Å². The van der Waals surface area contributed by atoms with Crippen LogP contribution in [-0.4, -0.2) is 4.98 Å². The molecule has 0 amide bonds. The lowest BCUT2D eigenvalue weighted by Gasteiger charge is -1.93. The van der Waals surface area contributed by atoms with Crippen molar-refractivity contribution in [1.29, 1.82) is 5.26 Å². The first-order valence-corrected chi connectivity index (χ1v) is 3.11. The largest absolute Gasteiger partial charge is 0.404 e. The number of pyridine rings is 1. The van der Waals surface area contributed by atoms with Crippen molar-refractivity contribution in [1.82, 2.24) is 4.98 Å². The molecule has 1 aromatic rings. The van der Waals surface area contributed by atoms with Crippen molar-refractivity contribution in [3.63, 3.8) is 0 Å². The van der Waals surface area contributed by atoms with Crippen LogP contribution >= 0.6 is 0 Å². The van der Waals surface area contributed by atoms with Gasteiger partial charge in [0.15, 0.2) is 0 Å². The van der Waals surface area contributed by atoms with Crippen LogP contribution in [0.2, 0.25) is 0 Å². The molecule has 0 aromatic carbocycles. The van der Waals surface area contributed by atoms with E-state index in [4.69, 9.17) is 11.0 Å². The van der Waals surface area contributed by atoms with Crippen LogP contribution in [0.1, 0.15) is 5.56 Å². The van der Waals surface area contributed by atoms with Crippen LogP contribution < -0.4 is 5.73 Å². The summed E-state index contributed by atoms with van der Waals surface area (Å²) in [6, 6.07) is 5.51. The van der Waals surface area contributed by atoms with E-state index in [2.05, 4.69) is 4.98 Å². The maximum atomic E-state index is 8.55. The number of allylic oxidation sites excluding steroid dienone is 1. The molecule has 0 aliphatic heterocycles. The molecule has 0 unspecified atom stereocenters. The van der Waals surface area contributed by atoms with Gasteiger partial charge in [0.2, 0.25) is 0 Å². The predicted molar refractivity (Wildman–Crippen MR) is 42.0 cm³/mol. The van der Waals surface area contributed by atoms with Gasteiger partial charge in [-0.15, -0.1) is 0 Å². The zero-order valence-electron chi connectivity index (χ0n) is 5.86. The molecule has 0 aliphatic rings. The first kappa shape index (κ1) is 7.29. The van der Waals surface area contributed by atoms with Gasteiger partial charge in [-0.1, -0.05) is 6.07 Å². The molecule has 0 aliphatic carbocycles. The van der Waals surface area contributed by atoms with Crippen molar-refractivity contribution < 1.29 is 0 Å². The summed E-state index contributed by atoms with van der Waals surface area (Å²) < 4.78 is 0. The van der Waals surface area contributed by atoms with Crippen molar-refractivity contribution in [3.8, 4) is 6.07 Å². The zero-order chi connectivity index (χ0) is 8.10. The molecule has 0 atom stereocenters. The van der Waals surface area contributed by atoms with Gasteiger partial charge in [-0.2, -0.15) is 5.26 Å². The standard InChI is InChI=1S/C8H7N3/c9-4-8(5-10)7-2-1-3-11-6-7/h1-4,6H,9H2/b8-4+. The van der Waals surface area contributed by atoms with Gasteiger partial charge >= 0.3 is 0 Å². The Labute approximate surface area is 64.8 Å². The lowest BCUT2D eigenvalue weighted by molar-refractivity contribution is 1.31. The second-order valence-electron chi connectivity index (χ2n) is 1.93. The van der Waals surface area contributed by atoms with Crippen molar-refractivity contribution in [3.05, 3.63) is 36.3 Å². The average molecular weight is 145 g/mol. The first-order valence-electron chi connectivity index (χ1n) is 3.11. The fourth-order valence-electron chi connectivity index (χ4n) is 0.720. The summed E-state index contributed by atoms with van der Waals surface area (Å²) >= 11 is 0. The van der Waals surface area contributed by atoms with E-state index >= 15 is 0 Å². The van der Waals surface area contributed by atoms with Gasteiger partial charge in [-0.05, 0) is 6.07 Å². The fourth-order valence-corrected chi connectivity index (χ4v) is 0.720. The smallest absolute Gasteiger partial charge is 0.101 e. The number of nitrogens with zero attached hydrogens (tertiary/aromatic N) is 2. The Kier molecular flexibility index (Phi) is 2.24. The van der Waals surface area contributed by atoms with Gasteiger partial charge in [0.1, 0.15) is 6.07 Å². The van der Waals surface area contributed by atoms with Crippen molar-refractivity contribution in [2.45, 2.75) is 0 Å². The molecule has 11 heavy (non-hydrogen) atoms. The number of nitrogens with two attached hydrogens (primary N) is 1. The summed E-state index contributed by atoms with van der Waals surface area (Å²) in [6.07, 6.45) is 4.52. The predicted octanol–water partition coefficient (Wildman–Crippen LogP) is 0.905. The molecule has 2 N–H and O–H groups in total. The number of hydrogen-bond acceptors (Lipinski definition) is 3. The highest BCUT2D eigenvalue weighted by Gasteiger charge is 1.96. The fraction of sp³-hybridized carbons (Fsp3) is 0. The second kappa shape index (κ2) is 3.37. The number of hydrogen-bond donors (Lipinski definition) is 1. The van der Waals surface area contributed by atoms with E-state index < -0.39 is 0 Å². The molecule has 0 fully saturated rings. The van der Waals surface area contributed by atoms with Gasteiger partial charge < -0.3 is 5.73 Å². The Hall–Kier alpha value is -1.82. The van der Waals surface area contributed by atoms with Crippen molar-refractivity contribution in [2.75, 3.05) is 0 Å². The Morgan fingerprint density at radius 1 is 1.73 bits per heavy atom. The third-order valence-electron chi connectivity index (χ3n) is 1.26. The summed E-state index contributed by atoms with van der Waals surface area (Å²) in [7, 11) is 0. The van der Waals surface area contributed by atoms with E-state index in [-0.39, 0.29) is 0 Å². The van der Waals surface area contributed by atoms with E-state index in [1.807, 2.05) is 6.07 Å². The Morgan fingerprint density at radius 2 is 2.55 bits per heavy atom. The van der Waals surface area contributed by atoms with E-state index in [1.54, 1.807) is 24.5 Å². The molecule has 0 saturated heterocycles. The topological polar surface area (TPSA) is 62.7 Å². The second-order valence-corrected chi connectivity index (χ2v) is 1.93. The average Bonchev–Trinajstić information content (AvgIpc) is 2.09. The Bertz CT molecular complexity index is 295. The third-order valence-corrected chi connectivity index (χ3v) is 1.26. The number of aromatic nitrogens is 1. The van der Waals surface area contributed by atoms with Crippen LogP contribution in [0.3, 0.4) is 0 Å². The Balaban J connectivity index is 3.05. The molecular weight excluding hydrogens is 138 g/mol. The van der Waals surface area contributed by atoms with E-state index in [0.29, 0.717) is 5.57 Å². The molecule has 0 saturated carbocycles. The first-order chi connectivity index (χ1) is 5.38. The van der Waals surface area contributed by atoms with Crippen LogP contribution in [0.15, 0.2) is 30.7 Å². The molecule has 3 heteroatoms. The maximum absolute atomic E-state index is 8.55. The summed E-state index contributed by atoms with van der Waals surface area (Å²) in [6.45, 7) is 0. The molecule has 0 radical (unpaired) electrons. The van der Waals surface area contributed by atoms with Crippen LogP contribution in [0.5, 0.6) is 0 Å². The lowest BCUT2D eigenvalue weighted by atomic mass is 10.1. The highest BCUT2D eigenvalue weighted by Crippen LogP contribution is 2.08. The quantitative estimate of drug-likeness (QED) is 0.597. The van der Waals surface area contributed by atoms with Gasteiger partial charge in [0, 0.05) is 24.2 Å². The van der Waals surface area contributed by atoms with Crippen LogP contribution in [0.25, 0.3) is 5.57 Å². The van der Waals surface area contributed by atoms with E-state index in [0.717, 1.165) is 5.56 Å². The van der Waals surface area contributed by atoms with Gasteiger partial charge in [0.25, 0.3) is 0 Å². The molecule has 0 spiro atoms. The third kappa shape index (κ3) is 1.55. The highest BCUT2D eigenvalue weighted by molar-refractivity contribution is 5.75. The van der Waals surface area contributed by atoms with Gasteiger partial charge in [0.05, 0.1) is 5.57 Å². The maximum Gasteiger partial charge on any atom is 0.101 e. The Morgan fingerprint density at radius 3 is 3.00 bits per heavy atom. The van der Waals surface area contributed by atoms with Crippen molar-refractivity contribution >= 4 is 5.57 Å². The normalized spacial score (nSPS) is 10.6. The molecule has 1 rings (SSSR count). The summed E-state index contributed by atoms with van der Waals surface area (Å²) in [5, 5.41) is 8.55. The lowest BCUT2D eigenvalue weighted by Crippen LogP contribution is -1.87. The van der Waals surface area contributed by atoms with Gasteiger partial charge in [-0.3, -0.25) is 4.98 Å². The SMILES string of the molecule is N#C/C(=C\N)c1cccnc1. The van der Waals surface area contributed by atoms with E-state index in [9.17, 15) is 0 Å². The molecule has 0 bridgehead atoms. The van der Waals surface area contributed by atoms with Crippen LogP contribution in [0.4, 0.5) is 0 Å². The minimum absolute atomic E-state index is 0.443. The monoisotopic (exact) mass is 145 g/mol. The minimum atomic E-state index is 0.443. The van der Waals surface area contributed by atoms with Crippen LogP contribution in [0, 0.1) is 11.3 Å². The molecule has 1 aromatic heterocycles. The van der Waals surface area contributed by atoms with E-state index in [1.165, 1.54) is 6.20 Å². The number of nitriles is 1. The van der Waals surface area contributed by atoms with Crippen molar-refractivity contribution in [2.24, 2.45) is 5.73 Å². The number of rotatable bonds is 1. The highest BCUT2D eigenvalue weighted by atomic mass is 14.6.